The maximum atomic E-state index is 12.3. The summed E-state index contributed by atoms with van der Waals surface area (Å²) in [5.41, 5.74) is -0.509. The van der Waals surface area contributed by atoms with Gasteiger partial charge in [-0.05, 0) is 18.3 Å². The molecule has 2 rings (SSSR count). The number of amides is 1. The lowest BCUT2D eigenvalue weighted by Gasteiger charge is -2.45. The highest BCUT2D eigenvalue weighted by molar-refractivity contribution is 6.09. The second kappa shape index (κ2) is 4.88. The van der Waals surface area contributed by atoms with E-state index in [9.17, 15) is 4.79 Å². The first-order valence-corrected chi connectivity index (χ1v) is 6.65. The number of aliphatic imine (C=N–C) groups is 1. The van der Waals surface area contributed by atoms with Crippen molar-refractivity contribution in [2.45, 2.75) is 45.1 Å². The van der Waals surface area contributed by atoms with E-state index in [0.717, 1.165) is 19.3 Å². The van der Waals surface area contributed by atoms with Crippen LogP contribution in [0, 0.1) is 5.41 Å². The molecule has 102 valence electrons. The molecule has 1 aliphatic heterocycles. The van der Waals surface area contributed by atoms with Crippen LogP contribution in [-0.4, -0.2) is 37.7 Å². The Morgan fingerprint density at radius 3 is 2.72 bits per heavy atom. The maximum absolute atomic E-state index is 12.3. The van der Waals surface area contributed by atoms with Crippen molar-refractivity contribution >= 4 is 11.9 Å². The first kappa shape index (κ1) is 13.3. The van der Waals surface area contributed by atoms with Crippen LogP contribution in [0.3, 0.4) is 0 Å². The first-order valence-electron chi connectivity index (χ1n) is 6.65. The van der Waals surface area contributed by atoms with Crippen LogP contribution in [-0.2, 0) is 9.53 Å². The molecule has 0 bridgehead atoms. The van der Waals surface area contributed by atoms with Crippen molar-refractivity contribution in [3.63, 3.8) is 0 Å². The molecule has 2 fully saturated rings. The van der Waals surface area contributed by atoms with Gasteiger partial charge in [0.1, 0.15) is 5.54 Å². The van der Waals surface area contributed by atoms with Crippen molar-refractivity contribution in [1.82, 2.24) is 10.6 Å². The molecular formula is C13H23N3O2. The van der Waals surface area contributed by atoms with Crippen LogP contribution in [0.1, 0.15) is 39.5 Å². The third-order valence-corrected chi connectivity index (χ3v) is 4.28. The van der Waals surface area contributed by atoms with Crippen molar-refractivity contribution in [3.05, 3.63) is 0 Å². The minimum absolute atomic E-state index is 0.0339. The van der Waals surface area contributed by atoms with E-state index in [1.807, 2.05) is 0 Å². The average Bonchev–Trinajstić information content (AvgIpc) is 2.62. The number of methoxy groups -OCH3 is 1. The van der Waals surface area contributed by atoms with Gasteiger partial charge >= 0.3 is 0 Å². The molecule has 1 heterocycles. The Bertz CT molecular complexity index is 365. The van der Waals surface area contributed by atoms with Crippen LogP contribution in [0.15, 0.2) is 4.99 Å². The van der Waals surface area contributed by atoms with E-state index in [-0.39, 0.29) is 11.3 Å². The summed E-state index contributed by atoms with van der Waals surface area (Å²) in [6, 6.07) is 0. The number of carbonyl (C=O) groups excluding carboxylic acids is 1. The summed E-state index contributed by atoms with van der Waals surface area (Å²) in [7, 11) is 1.65. The molecule has 0 aromatic carbocycles. The number of nitrogens with one attached hydrogen (secondary N) is 2. The smallest absolute Gasteiger partial charge is 0.252 e. The van der Waals surface area contributed by atoms with E-state index < -0.39 is 5.54 Å². The molecule has 1 saturated heterocycles. The Kier molecular flexibility index (Phi) is 3.61. The largest absolute Gasteiger partial charge is 0.383 e. The molecule has 18 heavy (non-hydrogen) atoms. The molecule has 5 heteroatoms. The Morgan fingerprint density at radius 1 is 1.33 bits per heavy atom. The predicted octanol–water partition coefficient (Wildman–Crippen LogP) is 1.05. The summed E-state index contributed by atoms with van der Waals surface area (Å²) in [5.74, 6) is 0.676. The zero-order valence-electron chi connectivity index (χ0n) is 11.5. The molecule has 0 radical (unpaired) electrons. The zero-order chi connectivity index (χ0) is 13.2. The summed E-state index contributed by atoms with van der Waals surface area (Å²) >= 11 is 0. The molecule has 0 aromatic heterocycles. The van der Waals surface area contributed by atoms with E-state index >= 15 is 0 Å². The zero-order valence-corrected chi connectivity index (χ0v) is 11.5. The monoisotopic (exact) mass is 253 g/mol. The minimum Gasteiger partial charge on any atom is -0.383 e. The summed E-state index contributed by atoms with van der Waals surface area (Å²) in [4.78, 5) is 16.7. The van der Waals surface area contributed by atoms with Crippen LogP contribution in [0.25, 0.3) is 0 Å². The predicted molar refractivity (Wildman–Crippen MR) is 70.4 cm³/mol. The summed E-state index contributed by atoms with van der Waals surface area (Å²) in [5, 5.41) is 6.21. The molecule has 1 atom stereocenters. The van der Waals surface area contributed by atoms with E-state index in [0.29, 0.717) is 19.1 Å². The number of carbonyl (C=O) groups is 1. The number of guanidine groups is 1. The number of hydrogen-bond donors (Lipinski definition) is 2. The SMILES string of the molecule is COCCN=C1NC(=O)C2(CCCCC2(C)C)N1. The van der Waals surface area contributed by atoms with E-state index in [4.69, 9.17) is 4.74 Å². The summed E-state index contributed by atoms with van der Waals surface area (Å²) < 4.78 is 4.96. The first-order chi connectivity index (χ1) is 8.52. The molecule has 5 nitrogen and oxygen atoms in total. The lowest BCUT2D eigenvalue weighted by Crippen LogP contribution is -2.59. The van der Waals surface area contributed by atoms with Crippen molar-refractivity contribution in [2.24, 2.45) is 10.4 Å². The van der Waals surface area contributed by atoms with Crippen molar-refractivity contribution in [2.75, 3.05) is 20.3 Å². The van der Waals surface area contributed by atoms with Gasteiger partial charge < -0.3 is 10.1 Å². The lowest BCUT2D eigenvalue weighted by atomic mass is 9.63. The van der Waals surface area contributed by atoms with Gasteiger partial charge in [0, 0.05) is 7.11 Å². The van der Waals surface area contributed by atoms with Crippen LogP contribution in [0.2, 0.25) is 0 Å². The molecule has 1 saturated carbocycles. The van der Waals surface area contributed by atoms with Gasteiger partial charge in [-0.2, -0.15) is 0 Å². The minimum atomic E-state index is -0.475. The third-order valence-electron chi connectivity index (χ3n) is 4.28. The van der Waals surface area contributed by atoms with Gasteiger partial charge in [0.25, 0.3) is 5.91 Å². The fourth-order valence-corrected chi connectivity index (χ4v) is 2.99. The van der Waals surface area contributed by atoms with Gasteiger partial charge in [-0.15, -0.1) is 0 Å². The van der Waals surface area contributed by atoms with Crippen molar-refractivity contribution in [1.29, 1.82) is 0 Å². The molecule has 1 spiro atoms. The van der Waals surface area contributed by atoms with Crippen LogP contribution in [0.5, 0.6) is 0 Å². The molecule has 1 aliphatic carbocycles. The number of hydrogen-bond acceptors (Lipinski definition) is 3. The van der Waals surface area contributed by atoms with E-state index in [2.05, 4.69) is 29.5 Å². The van der Waals surface area contributed by atoms with Crippen LogP contribution >= 0.6 is 0 Å². The number of rotatable bonds is 3. The summed E-state index contributed by atoms with van der Waals surface area (Å²) in [6.45, 7) is 5.46. The quantitative estimate of drug-likeness (QED) is 0.739. The normalized spacial score (nSPS) is 32.6. The number of ether oxygens (including phenoxy) is 1. The molecule has 0 aromatic rings. The average molecular weight is 253 g/mol. The van der Waals surface area contributed by atoms with Crippen molar-refractivity contribution in [3.8, 4) is 0 Å². The Hall–Kier alpha value is -1.10. The maximum Gasteiger partial charge on any atom is 0.252 e. The van der Waals surface area contributed by atoms with E-state index in [1.165, 1.54) is 6.42 Å². The van der Waals surface area contributed by atoms with Crippen molar-refractivity contribution < 1.29 is 9.53 Å². The second-order valence-electron chi connectivity index (χ2n) is 5.80. The van der Waals surface area contributed by atoms with Crippen LogP contribution < -0.4 is 10.6 Å². The van der Waals surface area contributed by atoms with Gasteiger partial charge in [-0.3, -0.25) is 15.1 Å². The highest BCUT2D eigenvalue weighted by Gasteiger charge is 2.56. The fourth-order valence-electron chi connectivity index (χ4n) is 2.99. The second-order valence-corrected chi connectivity index (χ2v) is 5.80. The number of nitrogens with zero attached hydrogens (tertiary/aromatic N) is 1. The van der Waals surface area contributed by atoms with Gasteiger partial charge in [-0.25, -0.2) is 0 Å². The third kappa shape index (κ3) is 2.11. The van der Waals surface area contributed by atoms with E-state index in [1.54, 1.807) is 7.11 Å². The van der Waals surface area contributed by atoms with Crippen LogP contribution in [0.4, 0.5) is 0 Å². The summed E-state index contributed by atoms with van der Waals surface area (Å²) in [6.07, 6.45) is 4.24. The topological polar surface area (TPSA) is 62.7 Å². The highest BCUT2D eigenvalue weighted by atomic mass is 16.5. The fraction of sp³-hybridized carbons (Fsp3) is 0.846. The standard InChI is InChI=1S/C13H23N3O2/c1-12(2)6-4-5-7-13(12)10(17)15-11(16-13)14-8-9-18-3/h4-9H2,1-3H3,(H2,14,15,16,17). The van der Waals surface area contributed by atoms with Gasteiger partial charge in [-0.1, -0.05) is 26.7 Å². The van der Waals surface area contributed by atoms with Gasteiger partial charge in [0.05, 0.1) is 13.2 Å². The molecular weight excluding hydrogens is 230 g/mol. The molecule has 2 aliphatic rings. The molecule has 1 unspecified atom stereocenters. The Morgan fingerprint density at radius 2 is 2.06 bits per heavy atom. The lowest BCUT2D eigenvalue weighted by molar-refractivity contribution is -0.130. The van der Waals surface area contributed by atoms with Gasteiger partial charge in [0.2, 0.25) is 0 Å². The van der Waals surface area contributed by atoms with Gasteiger partial charge in [0.15, 0.2) is 5.96 Å². The Balaban J connectivity index is 2.14. The molecule has 1 amide bonds. The molecule has 2 N–H and O–H groups in total. The Labute approximate surface area is 108 Å². The highest BCUT2D eigenvalue weighted by Crippen LogP contribution is 2.45.